The molecule has 0 radical (unpaired) electrons. The largest absolute Gasteiger partial charge is 0.273 e. The lowest BCUT2D eigenvalue weighted by Crippen LogP contribution is -2.30. The van der Waals surface area contributed by atoms with Gasteiger partial charge in [0.25, 0.3) is 0 Å². The molecule has 0 saturated carbocycles. The highest BCUT2D eigenvalue weighted by atomic mass is 79.9. The highest BCUT2D eigenvalue weighted by molar-refractivity contribution is 9.10. The fraction of sp³-hybridized carbons (Fsp3) is 0.308. The van der Waals surface area contributed by atoms with Crippen molar-refractivity contribution in [1.29, 1.82) is 0 Å². The van der Waals surface area contributed by atoms with E-state index in [2.05, 4.69) is 26.5 Å². The summed E-state index contributed by atoms with van der Waals surface area (Å²) in [5.41, 5.74) is 4.22. The van der Waals surface area contributed by atoms with Crippen molar-refractivity contribution < 1.29 is 4.39 Å². The van der Waals surface area contributed by atoms with E-state index < -0.39 is 0 Å². The van der Waals surface area contributed by atoms with Gasteiger partial charge in [0.1, 0.15) is 5.82 Å². The fourth-order valence-electron chi connectivity index (χ4n) is 2.01. The Morgan fingerprint density at radius 2 is 2.32 bits per heavy atom. The third-order valence-corrected chi connectivity index (χ3v) is 3.69. The number of benzene rings is 1. The monoisotopic (exact) mass is 326 g/mol. The van der Waals surface area contributed by atoms with Crippen LogP contribution in [0.15, 0.2) is 35.1 Å². The van der Waals surface area contributed by atoms with E-state index in [1.165, 1.54) is 6.07 Å². The highest BCUT2D eigenvalue weighted by Crippen LogP contribution is 2.28. The average Bonchev–Trinajstić information content (AvgIpc) is 2.85. The first kappa shape index (κ1) is 14.2. The van der Waals surface area contributed by atoms with Crippen molar-refractivity contribution in [2.24, 2.45) is 5.84 Å². The molecular formula is C13H16BrFN4. The summed E-state index contributed by atoms with van der Waals surface area (Å²) >= 11 is 3.36. The quantitative estimate of drug-likeness (QED) is 0.655. The minimum atomic E-state index is -0.301. The predicted molar refractivity (Wildman–Crippen MR) is 75.8 cm³/mol. The molecule has 1 aromatic heterocycles. The molecule has 1 unspecified atom stereocenters. The van der Waals surface area contributed by atoms with Gasteiger partial charge in [-0.1, -0.05) is 22.0 Å². The van der Waals surface area contributed by atoms with Gasteiger partial charge >= 0.3 is 0 Å². The summed E-state index contributed by atoms with van der Waals surface area (Å²) in [5, 5.41) is 4.20. The van der Waals surface area contributed by atoms with Gasteiger partial charge in [0.15, 0.2) is 0 Å². The maximum atomic E-state index is 13.9. The second-order valence-corrected chi connectivity index (χ2v) is 5.12. The zero-order valence-electron chi connectivity index (χ0n) is 10.6. The lowest BCUT2D eigenvalue weighted by Gasteiger charge is -2.17. The van der Waals surface area contributed by atoms with Crippen LogP contribution in [0.25, 0.3) is 0 Å². The molecule has 0 aliphatic carbocycles. The summed E-state index contributed by atoms with van der Waals surface area (Å²) in [4.78, 5) is 0. The molecule has 102 valence electrons. The van der Waals surface area contributed by atoms with Crippen LogP contribution in [0.3, 0.4) is 0 Å². The molecule has 1 atom stereocenters. The van der Waals surface area contributed by atoms with Gasteiger partial charge in [0.05, 0.1) is 12.2 Å². The van der Waals surface area contributed by atoms with E-state index >= 15 is 0 Å². The molecule has 0 aliphatic rings. The minimum Gasteiger partial charge on any atom is -0.273 e. The third-order valence-electron chi connectivity index (χ3n) is 3.00. The molecule has 3 N–H and O–H groups in total. The summed E-state index contributed by atoms with van der Waals surface area (Å²) in [6.45, 7) is 2.83. The molecule has 0 aliphatic heterocycles. The molecule has 0 spiro atoms. The number of hydrogen-bond acceptors (Lipinski definition) is 3. The maximum absolute atomic E-state index is 13.9. The summed E-state index contributed by atoms with van der Waals surface area (Å²) in [7, 11) is 0. The Morgan fingerprint density at radius 3 is 2.89 bits per heavy atom. The normalized spacial score (nSPS) is 12.6. The molecule has 1 heterocycles. The van der Waals surface area contributed by atoms with Crippen LogP contribution in [-0.2, 0) is 13.0 Å². The van der Waals surface area contributed by atoms with Gasteiger partial charge in [-0.25, -0.2) is 4.39 Å². The number of hydrazine groups is 1. The van der Waals surface area contributed by atoms with Crippen LogP contribution >= 0.6 is 15.9 Å². The number of rotatable bonds is 5. The topological polar surface area (TPSA) is 55.9 Å². The molecule has 2 rings (SSSR count). The molecule has 0 amide bonds. The lowest BCUT2D eigenvalue weighted by molar-refractivity contribution is 0.508. The van der Waals surface area contributed by atoms with E-state index in [-0.39, 0.29) is 11.9 Å². The van der Waals surface area contributed by atoms with E-state index in [0.717, 1.165) is 12.1 Å². The van der Waals surface area contributed by atoms with E-state index in [4.69, 9.17) is 5.84 Å². The Balaban J connectivity index is 2.25. The Hall–Kier alpha value is -1.24. The van der Waals surface area contributed by atoms with Gasteiger partial charge in [-0.15, -0.1) is 0 Å². The molecule has 1 aromatic carbocycles. The first-order valence-corrected chi connectivity index (χ1v) is 6.86. The van der Waals surface area contributed by atoms with E-state index in [1.807, 2.05) is 17.8 Å². The Bertz CT molecular complexity index is 535. The van der Waals surface area contributed by atoms with E-state index in [0.29, 0.717) is 16.5 Å². The zero-order valence-corrected chi connectivity index (χ0v) is 12.2. The average molecular weight is 327 g/mol. The van der Waals surface area contributed by atoms with E-state index in [9.17, 15) is 4.39 Å². The summed E-state index contributed by atoms with van der Waals surface area (Å²) in [5.74, 6) is 5.29. The Morgan fingerprint density at radius 1 is 1.53 bits per heavy atom. The third kappa shape index (κ3) is 3.20. The van der Waals surface area contributed by atoms with Crippen LogP contribution < -0.4 is 11.3 Å². The van der Waals surface area contributed by atoms with Gasteiger partial charge in [-0.05, 0) is 31.0 Å². The van der Waals surface area contributed by atoms with Crippen molar-refractivity contribution in [2.75, 3.05) is 0 Å². The van der Waals surface area contributed by atoms with Crippen molar-refractivity contribution in [3.05, 3.63) is 52.0 Å². The minimum absolute atomic E-state index is 0.278. The number of nitrogens with two attached hydrogens (primary N) is 1. The van der Waals surface area contributed by atoms with E-state index in [1.54, 1.807) is 18.3 Å². The summed E-state index contributed by atoms with van der Waals surface area (Å²) in [6.07, 6.45) is 4.30. The number of aryl methyl sites for hydroxylation is 1. The number of halogens is 2. The summed E-state index contributed by atoms with van der Waals surface area (Å²) in [6, 6.07) is 4.59. The second-order valence-electron chi connectivity index (χ2n) is 4.26. The zero-order chi connectivity index (χ0) is 13.8. The first-order chi connectivity index (χ1) is 9.15. The predicted octanol–water partition coefficient (Wildman–Crippen LogP) is 2.55. The molecule has 6 heteroatoms. The van der Waals surface area contributed by atoms with Crippen molar-refractivity contribution in [3.63, 3.8) is 0 Å². The number of aromatic nitrogens is 2. The molecular weight excluding hydrogens is 311 g/mol. The SMILES string of the molecule is CCn1cc(CC(NN)c2c(F)cccc2Br)cn1. The fourth-order valence-corrected chi connectivity index (χ4v) is 2.63. The smallest absolute Gasteiger partial charge is 0.129 e. The Labute approximate surface area is 119 Å². The lowest BCUT2D eigenvalue weighted by atomic mass is 10.0. The summed E-state index contributed by atoms with van der Waals surface area (Å²) < 4.78 is 16.5. The van der Waals surface area contributed by atoms with Gasteiger partial charge in [-0.2, -0.15) is 5.10 Å². The molecule has 4 nitrogen and oxygen atoms in total. The van der Waals surface area contributed by atoms with Crippen molar-refractivity contribution in [1.82, 2.24) is 15.2 Å². The van der Waals surface area contributed by atoms with Crippen molar-refractivity contribution in [2.45, 2.75) is 25.9 Å². The van der Waals surface area contributed by atoms with Crippen LogP contribution in [0.1, 0.15) is 24.1 Å². The second kappa shape index (κ2) is 6.27. The van der Waals surface area contributed by atoms with Crippen molar-refractivity contribution in [3.8, 4) is 0 Å². The number of nitrogens with one attached hydrogen (secondary N) is 1. The van der Waals surface area contributed by atoms with Crippen LogP contribution in [-0.4, -0.2) is 9.78 Å². The standard InChI is InChI=1S/C13H16BrFN4/c1-2-19-8-9(7-17-19)6-12(18-16)13-10(14)4-3-5-11(13)15/h3-5,7-8,12,18H,2,6,16H2,1H3. The molecule has 0 fully saturated rings. The van der Waals surface area contributed by atoms with Gasteiger partial charge in [-0.3, -0.25) is 16.0 Å². The molecule has 2 aromatic rings. The van der Waals surface area contributed by atoms with Crippen molar-refractivity contribution >= 4 is 15.9 Å². The van der Waals surface area contributed by atoms with Crippen LogP contribution in [0.2, 0.25) is 0 Å². The van der Waals surface area contributed by atoms with Gasteiger partial charge in [0.2, 0.25) is 0 Å². The maximum Gasteiger partial charge on any atom is 0.129 e. The molecule has 0 bridgehead atoms. The highest BCUT2D eigenvalue weighted by Gasteiger charge is 2.18. The van der Waals surface area contributed by atoms with Gasteiger partial charge < -0.3 is 0 Å². The van der Waals surface area contributed by atoms with Crippen LogP contribution in [0.4, 0.5) is 4.39 Å². The number of nitrogens with zero attached hydrogens (tertiary/aromatic N) is 2. The molecule has 19 heavy (non-hydrogen) atoms. The van der Waals surface area contributed by atoms with Crippen LogP contribution in [0, 0.1) is 5.82 Å². The first-order valence-electron chi connectivity index (χ1n) is 6.07. The number of hydrogen-bond donors (Lipinski definition) is 2. The Kier molecular flexibility index (Phi) is 4.68. The van der Waals surface area contributed by atoms with Crippen LogP contribution in [0.5, 0.6) is 0 Å². The van der Waals surface area contributed by atoms with Gasteiger partial charge in [0, 0.05) is 22.8 Å². The molecule has 0 saturated heterocycles.